The SMILES string of the molecule is O=C(N[C@@H]1CCOC[C@H]1OCCO)c1cccc(Cl)c1F. The van der Waals surface area contributed by atoms with Crippen LogP contribution in [0.2, 0.25) is 5.02 Å². The fourth-order valence-electron chi connectivity index (χ4n) is 2.17. The number of benzene rings is 1. The van der Waals surface area contributed by atoms with Crippen LogP contribution in [0.5, 0.6) is 0 Å². The molecule has 1 aliphatic heterocycles. The van der Waals surface area contributed by atoms with Gasteiger partial charge in [-0.2, -0.15) is 0 Å². The van der Waals surface area contributed by atoms with Crippen molar-refractivity contribution in [3.63, 3.8) is 0 Å². The number of aliphatic hydroxyl groups excluding tert-OH is 1. The van der Waals surface area contributed by atoms with Gasteiger partial charge in [-0.1, -0.05) is 17.7 Å². The molecule has 7 heteroatoms. The van der Waals surface area contributed by atoms with Gasteiger partial charge in [-0.25, -0.2) is 4.39 Å². The van der Waals surface area contributed by atoms with E-state index in [0.717, 1.165) is 0 Å². The molecule has 0 aliphatic carbocycles. The van der Waals surface area contributed by atoms with E-state index in [4.69, 9.17) is 26.2 Å². The molecular formula is C14H17ClFNO4. The molecule has 1 heterocycles. The van der Waals surface area contributed by atoms with Crippen LogP contribution in [-0.2, 0) is 9.47 Å². The summed E-state index contributed by atoms with van der Waals surface area (Å²) in [6, 6.07) is 3.98. The van der Waals surface area contributed by atoms with Gasteiger partial charge in [0, 0.05) is 6.61 Å². The van der Waals surface area contributed by atoms with Gasteiger partial charge in [0.25, 0.3) is 5.91 Å². The van der Waals surface area contributed by atoms with Crippen LogP contribution in [-0.4, -0.2) is 49.6 Å². The van der Waals surface area contributed by atoms with E-state index in [1.807, 2.05) is 0 Å². The van der Waals surface area contributed by atoms with Crippen LogP contribution in [0.25, 0.3) is 0 Å². The summed E-state index contributed by atoms with van der Waals surface area (Å²) in [6.07, 6.45) is 0.196. The highest BCUT2D eigenvalue weighted by Crippen LogP contribution is 2.19. The maximum atomic E-state index is 13.8. The Kier molecular flexibility index (Phi) is 5.93. The van der Waals surface area contributed by atoms with Gasteiger partial charge in [-0.3, -0.25) is 4.79 Å². The molecule has 1 amide bonds. The van der Waals surface area contributed by atoms with Crippen LogP contribution in [0, 0.1) is 5.82 Å². The molecule has 0 spiro atoms. The van der Waals surface area contributed by atoms with E-state index in [1.54, 1.807) is 0 Å². The number of hydrogen-bond acceptors (Lipinski definition) is 4. The molecule has 0 bridgehead atoms. The Bertz CT molecular complexity index is 500. The number of carbonyl (C=O) groups is 1. The topological polar surface area (TPSA) is 67.8 Å². The second-order valence-electron chi connectivity index (χ2n) is 4.68. The summed E-state index contributed by atoms with van der Waals surface area (Å²) < 4.78 is 24.5. The Morgan fingerprint density at radius 3 is 3.14 bits per heavy atom. The van der Waals surface area contributed by atoms with Gasteiger partial charge in [0.05, 0.1) is 36.4 Å². The predicted molar refractivity (Wildman–Crippen MR) is 74.9 cm³/mol. The van der Waals surface area contributed by atoms with Crippen LogP contribution in [0.3, 0.4) is 0 Å². The molecule has 0 unspecified atom stereocenters. The van der Waals surface area contributed by atoms with E-state index in [0.29, 0.717) is 19.6 Å². The third-order valence-electron chi connectivity index (χ3n) is 3.24. The van der Waals surface area contributed by atoms with Gasteiger partial charge in [0.2, 0.25) is 0 Å². The molecule has 2 rings (SSSR count). The maximum Gasteiger partial charge on any atom is 0.254 e. The summed E-state index contributed by atoms with van der Waals surface area (Å²) >= 11 is 5.67. The smallest absolute Gasteiger partial charge is 0.254 e. The normalized spacial score (nSPS) is 22.0. The first-order valence-corrected chi connectivity index (χ1v) is 7.06. The number of nitrogens with one attached hydrogen (secondary N) is 1. The minimum Gasteiger partial charge on any atom is -0.394 e. The maximum absolute atomic E-state index is 13.8. The Morgan fingerprint density at radius 2 is 2.38 bits per heavy atom. The summed E-state index contributed by atoms with van der Waals surface area (Å²) in [5, 5.41) is 11.4. The molecule has 116 valence electrons. The van der Waals surface area contributed by atoms with E-state index in [9.17, 15) is 9.18 Å². The van der Waals surface area contributed by atoms with E-state index < -0.39 is 11.7 Å². The van der Waals surface area contributed by atoms with Gasteiger partial charge in [-0.05, 0) is 18.6 Å². The molecule has 5 nitrogen and oxygen atoms in total. The number of hydrogen-bond donors (Lipinski definition) is 2. The van der Waals surface area contributed by atoms with Gasteiger partial charge in [0.15, 0.2) is 5.82 Å². The van der Waals surface area contributed by atoms with Crippen molar-refractivity contribution in [3.05, 3.63) is 34.6 Å². The van der Waals surface area contributed by atoms with Gasteiger partial charge in [0.1, 0.15) is 6.10 Å². The fraction of sp³-hybridized carbons (Fsp3) is 0.500. The van der Waals surface area contributed by atoms with Crippen molar-refractivity contribution < 1.29 is 23.8 Å². The van der Waals surface area contributed by atoms with E-state index in [-0.39, 0.29) is 35.9 Å². The molecule has 2 N–H and O–H groups in total. The highest BCUT2D eigenvalue weighted by Gasteiger charge is 2.29. The predicted octanol–water partition coefficient (Wildman–Crippen LogP) is 1.38. The monoisotopic (exact) mass is 317 g/mol. The average molecular weight is 318 g/mol. The molecule has 1 aromatic rings. The summed E-state index contributed by atoms with van der Waals surface area (Å²) in [4.78, 5) is 12.1. The lowest BCUT2D eigenvalue weighted by molar-refractivity contribution is -0.0737. The first kappa shape index (κ1) is 16.2. The Morgan fingerprint density at radius 1 is 1.57 bits per heavy atom. The van der Waals surface area contributed by atoms with Gasteiger partial charge in [-0.15, -0.1) is 0 Å². The number of rotatable bonds is 5. The van der Waals surface area contributed by atoms with Crippen molar-refractivity contribution >= 4 is 17.5 Å². The zero-order chi connectivity index (χ0) is 15.2. The van der Waals surface area contributed by atoms with E-state index in [1.165, 1.54) is 18.2 Å². The summed E-state index contributed by atoms with van der Waals surface area (Å²) in [5.41, 5.74) is -0.102. The van der Waals surface area contributed by atoms with E-state index in [2.05, 4.69) is 5.32 Å². The van der Waals surface area contributed by atoms with Crippen molar-refractivity contribution in [2.75, 3.05) is 26.4 Å². The van der Waals surface area contributed by atoms with Crippen LogP contribution < -0.4 is 5.32 Å². The first-order chi connectivity index (χ1) is 10.1. The van der Waals surface area contributed by atoms with Crippen molar-refractivity contribution in [2.24, 2.45) is 0 Å². The molecule has 1 saturated heterocycles. The number of amides is 1. The lowest BCUT2D eigenvalue weighted by Crippen LogP contribution is -2.50. The van der Waals surface area contributed by atoms with Gasteiger partial charge < -0.3 is 19.9 Å². The molecule has 1 aliphatic rings. The van der Waals surface area contributed by atoms with Crippen molar-refractivity contribution in [2.45, 2.75) is 18.6 Å². The molecule has 1 fully saturated rings. The van der Waals surface area contributed by atoms with Crippen LogP contribution in [0.1, 0.15) is 16.8 Å². The lowest BCUT2D eigenvalue weighted by atomic mass is 10.0. The minimum atomic E-state index is -0.739. The number of carbonyl (C=O) groups excluding carboxylic acids is 1. The standard InChI is InChI=1S/C14H17ClFNO4/c15-10-3-1-2-9(13(10)16)14(19)17-11-4-6-20-8-12(11)21-7-5-18/h1-3,11-12,18H,4-8H2,(H,17,19)/t11-,12-/m1/s1. The zero-order valence-electron chi connectivity index (χ0n) is 11.4. The molecule has 0 saturated carbocycles. The third-order valence-corrected chi connectivity index (χ3v) is 3.53. The highest BCUT2D eigenvalue weighted by molar-refractivity contribution is 6.31. The van der Waals surface area contributed by atoms with Crippen LogP contribution in [0.15, 0.2) is 18.2 Å². The van der Waals surface area contributed by atoms with Crippen LogP contribution >= 0.6 is 11.6 Å². The Hall–Kier alpha value is -1.21. The first-order valence-electron chi connectivity index (χ1n) is 6.68. The summed E-state index contributed by atoms with van der Waals surface area (Å²) in [5.74, 6) is -1.28. The Labute approximate surface area is 127 Å². The third kappa shape index (κ3) is 4.14. The molecule has 0 aromatic heterocycles. The average Bonchev–Trinajstić information content (AvgIpc) is 2.49. The number of aliphatic hydroxyl groups is 1. The van der Waals surface area contributed by atoms with Crippen LogP contribution in [0.4, 0.5) is 4.39 Å². The van der Waals surface area contributed by atoms with E-state index >= 15 is 0 Å². The zero-order valence-corrected chi connectivity index (χ0v) is 12.1. The molecular weight excluding hydrogens is 301 g/mol. The minimum absolute atomic E-state index is 0.0947. The number of ether oxygens (including phenoxy) is 2. The molecule has 21 heavy (non-hydrogen) atoms. The summed E-state index contributed by atoms with van der Waals surface area (Å²) in [7, 11) is 0. The second kappa shape index (κ2) is 7.70. The van der Waals surface area contributed by atoms with Crippen molar-refractivity contribution in [1.82, 2.24) is 5.32 Å². The lowest BCUT2D eigenvalue weighted by Gasteiger charge is -2.32. The second-order valence-corrected chi connectivity index (χ2v) is 5.08. The number of halogens is 2. The fourth-order valence-corrected chi connectivity index (χ4v) is 2.35. The van der Waals surface area contributed by atoms with Crippen molar-refractivity contribution in [3.8, 4) is 0 Å². The highest BCUT2D eigenvalue weighted by atomic mass is 35.5. The largest absolute Gasteiger partial charge is 0.394 e. The quantitative estimate of drug-likeness (QED) is 0.861. The van der Waals surface area contributed by atoms with Gasteiger partial charge >= 0.3 is 0 Å². The molecule has 2 atom stereocenters. The van der Waals surface area contributed by atoms with Crippen molar-refractivity contribution in [1.29, 1.82) is 0 Å². The molecule has 0 radical (unpaired) electrons. The Balaban J connectivity index is 2.04. The summed E-state index contributed by atoms with van der Waals surface area (Å²) in [6.45, 7) is 0.858. The molecule has 1 aromatic carbocycles.